The van der Waals surface area contributed by atoms with Gasteiger partial charge < -0.3 is 14.2 Å². The summed E-state index contributed by atoms with van der Waals surface area (Å²) in [5.74, 6) is -1.02. The molecule has 1 atom stereocenters. The van der Waals surface area contributed by atoms with Crippen LogP contribution in [0.5, 0.6) is 0 Å². The molecule has 57 heavy (non-hydrogen) atoms. The Balaban J connectivity index is 4.57. The van der Waals surface area contributed by atoms with E-state index >= 15 is 0 Å². The minimum absolute atomic E-state index is 0.119. The van der Waals surface area contributed by atoms with Gasteiger partial charge in [-0.25, -0.2) is 0 Å². The summed E-state index contributed by atoms with van der Waals surface area (Å²) in [7, 11) is 0. The zero-order chi connectivity index (χ0) is 41.5. The first-order chi connectivity index (χ1) is 28.0. The van der Waals surface area contributed by atoms with Gasteiger partial charge in [0.1, 0.15) is 13.2 Å². The highest BCUT2D eigenvalue weighted by Gasteiger charge is 2.19. The van der Waals surface area contributed by atoms with Crippen molar-refractivity contribution in [2.75, 3.05) is 13.2 Å². The van der Waals surface area contributed by atoms with Crippen molar-refractivity contribution < 1.29 is 28.6 Å². The molecule has 0 radical (unpaired) electrons. The largest absolute Gasteiger partial charge is 0.462 e. The van der Waals surface area contributed by atoms with E-state index < -0.39 is 6.10 Å². The first kappa shape index (κ1) is 52.8. The summed E-state index contributed by atoms with van der Waals surface area (Å²) in [6, 6.07) is 0. The highest BCUT2D eigenvalue weighted by Crippen LogP contribution is 2.11. The minimum Gasteiger partial charge on any atom is -0.462 e. The number of carbonyl (C=O) groups excluding carboxylic acids is 3. The van der Waals surface area contributed by atoms with E-state index in [1.807, 2.05) is 54.7 Å². The lowest BCUT2D eigenvalue weighted by Gasteiger charge is -2.18. The summed E-state index contributed by atoms with van der Waals surface area (Å²) >= 11 is 0. The lowest BCUT2D eigenvalue weighted by Crippen LogP contribution is -2.30. The quantitative estimate of drug-likeness (QED) is 0.0270. The predicted octanol–water partition coefficient (Wildman–Crippen LogP) is 14.2. The molecule has 1 unspecified atom stereocenters. The molecule has 0 aliphatic heterocycles. The van der Waals surface area contributed by atoms with Gasteiger partial charge in [0.25, 0.3) is 0 Å². The second-order valence-corrected chi connectivity index (χ2v) is 14.1. The average molecular weight is 787 g/mol. The van der Waals surface area contributed by atoms with Crippen molar-refractivity contribution in [2.24, 2.45) is 0 Å². The Hall–Kier alpha value is -4.19. The van der Waals surface area contributed by atoms with Crippen molar-refractivity contribution in [3.8, 4) is 0 Å². The van der Waals surface area contributed by atoms with Crippen molar-refractivity contribution in [3.63, 3.8) is 0 Å². The topological polar surface area (TPSA) is 78.9 Å². The fraction of sp³-hybridized carbons (Fsp3) is 0.549. The maximum atomic E-state index is 12.7. The Bertz CT molecular complexity index is 1270. The number of hydrogen-bond donors (Lipinski definition) is 0. The predicted molar refractivity (Wildman–Crippen MR) is 242 cm³/mol. The van der Waals surface area contributed by atoms with Gasteiger partial charge in [-0.2, -0.15) is 0 Å². The molecule has 0 saturated heterocycles. The Kier molecular flexibility index (Phi) is 41.3. The van der Waals surface area contributed by atoms with Crippen LogP contribution in [0.4, 0.5) is 0 Å². The zero-order valence-corrected chi connectivity index (χ0v) is 36.0. The van der Waals surface area contributed by atoms with E-state index in [4.69, 9.17) is 14.2 Å². The molecule has 0 saturated carbocycles. The van der Waals surface area contributed by atoms with Gasteiger partial charge in [0, 0.05) is 19.3 Å². The van der Waals surface area contributed by atoms with Gasteiger partial charge in [-0.05, 0) is 77.0 Å². The van der Waals surface area contributed by atoms with Gasteiger partial charge in [-0.3, -0.25) is 14.4 Å². The van der Waals surface area contributed by atoms with Gasteiger partial charge in [0.2, 0.25) is 0 Å². The molecule has 0 N–H and O–H groups in total. The molecule has 0 aromatic carbocycles. The van der Waals surface area contributed by atoms with Crippen LogP contribution in [0.25, 0.3) is 0 Å². The summed E-state index contributed by atoms with van der Waals surface area (Å²) in [5, 5.41) is 0. The molecule has 0 aromatic rings. The molecular formula is C51H78O6. The highest BCUT2D eigenvalue weighted by molar-refractivity contribution is 5.71. The van der Waals surface area contributed by atoms with Crippen LogP contribution in [0.2, 0.25) is 0 Å². The molecule has 0 rings (SSSR count). The average Bonchev–Trinajstić information content (AvgIpc) is 3.21. The van der Waals surface area contributed by atoms with Crippen LogP contribution in [-0.2, 0) is 28.6 Å². The van der Waals surface area contributed by atoms with Crippen LogP contribution < -0.4 is 0 Å². The first-order valence-corrected chi connectivity index (χ1v) is 22.2. The van der Waals surface area contributed by atoms with Crippen molar-refractivity contribution in [1.29, 1.82) is 0 Å². The number of rotatable bonds is 37. The molecule has 0 amide bonds. The van der Waals surface area contributed by atoms with Crippen molar-refractivity contribution in [3.05, 3.63) is 122 Å². The van der Waals surface area contributed by atoms with Crippen molar-refractivity contribution in [1.82, 2.24) is 0 Å². The third-order valence-corrected chi connectivity index (χ3v) is 8.65. The van der Waals surface area contributed by atoms with E-state index in [1.165, 1.54) is 12.8 Å². The second kappa shape index (κ2) is 44.5. The normalized spacial score (nSPS) is 13.2. The van der Waals surface area contributed by atoms with Crippen molar-refractivity contribution >= 4 is 17.9 Å². The fourth-order valence-electron chi connectivity index (χ4n) is 5.32. The summed E-state index contributed by atoms with van der Waals surface area (Å²) in [4.78, 5) is 37.7. The third kappa shape index (κ3) is 42.8. The SMILES string of the molecule is CC\C=C/C=C\C=C/C=C\C=C/CCCCCC(=O)OCC(COC(=O)CCCCC/C=C\C=C/CCCC)OC(=O)CCCCCCC\C=C/C=C\C=C/CC. The maximum Gasteiger partial charge on any atom is 0.306 e. The van der Waals surface area contributed by atoms with Crippen LogP contribution in [0.15, 0.2) is 122 Å². The van der Waals surface area contributed by atoms with E-state index in [2.05, 4.69) is 87.6 Å². The van der Waals surface area contributed by atoms with Crippen molar-refractivity contribution in [2.45, 2.75) is 168 Å². The molecule has 0 bridgehead atoms. The van der Waals surface area contributed by atoms with E-state index in [-0.39, 0.29) is 37.5 Å². The van der Waals surface area contributed by atoms with Gasteiger partial charge in [0.15, 0.2) is 6.10 Å². The second-order valence-electron chi connectivity index (χ2n) is 14.1. The molecule has 0 fully saturated rings. The van der Waals surface area contributed by atoms with Crippen LogP contribution in [-0.4, -0.2) is 37.2 Å². The molecule has 318 valence electrons. The van der Waals surface area contributed by atoms with Gasteiger partial charge in [0.05, 0.1) is 0 Å². The number of hydrogen-bond acceptors (Lipinski definition) is 6. The molecule has 0 aliphatic carbocycles. The maximum absolute atomic E-state index is 12.7. The van der Waals surface area contributed by atoms with Crippen LogP contribution in [0.3, 0.4) is 0 Å². The molecular weight excluding hydrogens is 709 g/mol. The standard InChI is InChI=1S/C51H78O6/c1-4-7-10-13-16-19-22-24-25-27-29-32-35-38-41-44-50(53)56-47-48(46-55-49(52)43-40-37-34-31-28-21-18-15-12-9-6-3)57-51(54)45-42-39-36-33-30-26-23-20-17-14-11-8-5-2/h7-8,10-11,13-25,27-29,48H,4-6,9,12,26,30-47H2,1-3H3/b10-7-,11-8-,16-13-,17-14-,18-15-,22-19-,23-20-,25-24-,28-21-,29-27-. The molecule has 0 aliphatic rings. The van der Waals surface area contributed by atoms with Crippen LogP contribution in [0, 0.1) is 0 Å². The van der Waals surface area contributed by atoms with E-state index in [0.717, 1.165) is 109 Å². The number of ether oxygens (including phenoxy) is 3. The first-order valence-electron chi connectivity index (χ1n) is 22.2. The number of unbranched alkanes of at least 4 members (excludes halogenated alkanes) is 13. The minimum atomic E-state index is -0.818. The summed E-state index contributed by atoms with van der Waals surface area (Å²) in [5.41, 5.74) is 0. The number of allylic oxidation sites excluding steroid dienone is 20. The van der Waals surface area contributed by atoms with Gasteiger partial charge >= 0.3 is 17.9 Å². The third-order valence-electron chi connectivity index (χ3n) is 8.65. The lowest BCUT2D eigenvalue weighted by molar-refractivity contribution is -0.167. The van der Waals surface area contributed by atoms with Crippen LogP contribution in [0.1, 0.15) is 162 Å². The molecule has 0 spiro atoms. The Morgan fingerprint density at radius 1 is 0.368 bits per heavy atom. The summed E-state index contributed by atoms with van der Waals surface area (Å²) in [6.07, 6.45) is 60.4. The Labute approximate surface area is 348 Å². The Morgan fingerprint density at radius 3 is 1.11 bits per heavy atom. The molecule has 6 heteroatoms. The summed E-state index contributed by atoms with van der Waals surface area (Å²) in [6.45, 7) is 6.18. The van der Waals surface area contributed by atoms with E-state index in [9.17, 15) is 14.4 Å². The molecule has 0 heterocycles. The van der Waals surface area contributed by atoms with Gasteiger partial charge in [-0.15, -0.1) is 0 Å². The molecule has 6 nitrogen and oxygen atoms in total. The fourth-order valence-corrected chi connectivity index (χ4v) is 5.32. The molecule has 0 aromatic heterocycles. The van der Waals surface area contributed by atoms with Crippen LogP contribution >= 0.6 is 0 Å². The highest BCUT2D eigenvalue weighted by atomic mass is 16.6. The van der Waals surface area contributed by atoms with E-state index in [1.54, 1.807) is 0 Å². The summed E-state index contributed by atoms with van der Waals surface area (Å²) < 4.78 is 16.6. The van der Waals surface area contributed by atoms with Gasteiger partial charge in [-0.1, -0.05) is 187 Å². The zero-order valence-electron chi connectivity index (χ0n) is 36.0. The monoisotopic (exact) mass is 787 g/mol. The Morgan fingerprint density at radius 2 is 0.684 bits per heavy atom. The number of esters is 3. The smallest absolute Gasteiger partial charge is 0.306 e. The van der Waals surface area contributed by atoms with E-state index in [0.29, 0.717) is 12.8 Å². The lowest BCUT2D eigenvalue weighted by atomic mass is 10.1. The number of carbonyl (C=O) groups is 3.